The van der Waals surface area contributed by atoms with Crippen molar-refractivity contribution in [1.82, 2.24) is 4.72 Å². The highest BCUT2D eigenvalue weighted by molar-refractivity contribution is 7.89. The summed E-state index contributed by atoms with van der Waals surface area (Å²) in [5, 5.41) is 8.73. The highest BCUT2D eigenvalue weighted by atomic mass is 32.2. The Bertz CT molecular complexity index is 507. The third-order valence-electron chi connectivity index (χ3n) is 2.49. The molecule has 6 heteroatoms. The molecular formula is C12H17NO4S. The molecular weight excluding hydrogens is 254 g/mol. The summed E-state index contributed by atoms with van der Waals surface area (Å²) < 4.78 is 26.3. The second-order valence-corrected chi connectivity index (χ2v) is 5.83. The van der Waals surface area contributed by atoms with Crippen molar-refractivity contribution < 1.29 is 18.3 Å². The molecule has 18 heavy (non-hydrogen) atoms. The first-order chi connectivity index (χ1) is 8.36. The first-order valence-corrected chi connectivity index (χ1v) is 7.09. The maximum absolute atomic E-state index is 11.9. The van der Waals surface area contributed by atoms with E-state index in [9.17, 15) is 13.2 Å². The lowest BCUT2D eigenvalue weighted by Gasteiger charge is -2.13. The highest BCUT2D eigenvalue weighted by Crippen LogP contribution is 2.12. The molecule has 5 nitrogen and oxygen atoms in total. The second kappa shape index (κ2) is 6.08. The lowest BCUT2D eigenvalue weighted by atomic mass is 10.2. The minimum absolute atomic E-state index is 0.0764. The number of aliphatic hydroxyl groups is 1. The SMILES string of the molecule is CC(=O)c1ccc(S(=O)(=O)NC(C)CCO)cc1. The maximum atomic E-state index is 11.9. The summed E-state index contributed by atoms with van der Waals surface area (Å²) in [5.74, 6) is -0.111. The molecule has 0 radical (unpaired) electrons. The zero-order valence-electron chi connectivity index (χ0n) is 10.4. The maximum Gasteiger partial charge on any atom is 0.240 e. The fourth-order valence-electron chi connectivity index (χ4n) is 1.45. The van der Waals surface area contributed by atoms with Crippen LogP contribution in [0.3, 0.4) is 0 Å². The van der Waals surface area contributed by atoms with Gasteiger partial charge in [0.15, 0.2) is 5.78 Å². The molecule has 0 heterocycles. The summed E-state index contributed by atoms with van der Waals surface area (Å²) in [5.41, 5.74) is 0.470. The minimum Gasteiger partial charge on any atom is -0.396 e. The molecule has 1 atom stereocenters. The number of hydrogen-bond acceptors (Lipinski definition) is 4. The summed E-state index contributed by atoms with van der Waals surface area (Å²) >= 11 is 0. The van der Waals surface area contributed by atoms with Gasteiger partial charge in [0.25, 0.3) is 0 Å². The van der Waals surface area contributed by atoms with Gasteiger partial charge in [-0.3, -0.25) is 4.79 Å². The number of carbonyl (C=O) groups excluding carboxylic acids is 1. The van der Waals surface area contributed by atoms with Gasteiger partial charge >= 0.3 is 0 Å². The van der Waals surface area contributed by atoms with Gasteiger partial charge in [-0.15, -0.1) is 0 Å². The monoisotopic (exact) mass is 271 g/mol. The van der Waals surface area contributed by atoms with E-state index in [1.54, 1.807) is 6.92 Å². The van der Waals surface area contributed by atoms with Crippen LogP contribution in [0, 0.1) is 0 Å². The van der Waals surface area contributed by atoms with Crippen LogP contribution in [0.15, 0.2) is 29.2 Å². The predicted molar refractivity (Wildman–Crippen MR) is 67.9 cm³/mol. The van der Waals surface area contributed by atoms with Crippen LogP contribution in [0.25, 0.3) is 0 Å². The van der Waals surface area contributed by atoms with Crippen molar-refractivity contribution in [2.24, 2.45) is 0 Å². The van der Waals surface area contributed by atoms with Gasteiger partial charge in [-0.05, 0) is 32.4 Å². The number of benzene rings is 1. The molecule has 0 fully saturated rings. The summed E-state index contributed by atoms with van der Waals surface area (Å²) in [4.78, 5) is 11.2. The molecule has 100 valence electrons. The molecule has 1 rings (SSSR count). The van der Waals surface area contributed by atoms with Gasteiger partial charge in [0, 0.05) is 18.2 Å². The summed E-state index contributed by atoms with van der Waals surface area (Å²) in [6.45, 7) is 3.02. The number of carbonyl (C=O) groups is 1. The Morgan fingerprint density at radius 2 is 1.89 bits per heavy atom. The smallest absolute Gasteiger partial charge is 0.240 e. The van der Waals surface area contributed by atoms with Gasteiger partial charge in [-0.2, -0.15) is 0 Å². The third kappa shape index (κ3) is 3.90. The Balaban J connectivity index is 2.88. The summed E-state index contributed by atoms with van der Waals surface area (Å²) in [6, 6.07) is 5.41. The summed E-state index contributed by atoms with van der Waals surface area (Å²) in [6.07, 6.45) is 0.352. The van der Waals surface area contributed by atoms with Gasteiger partial charge in [0.2, 0.25) is 10.0 Å². The topological polar surface area (TPSA) is 83.5 Å². The number of aliphatic hydroxyl groups excluding tert-OH is 1. The highest BCUT2D eigenvalue weighted by Gasteiger charge is 2.17. The molecule has 0 aromatic heterocycles. The first kappa shape index (κ1) is 14.8. The van der Waals surface area contributed by atoms with E-state index >= 15 is 0 Å². The van der Waals surface area contributed by atoms with Gasteiger partial charge in [-0.25, -0.2) is 13.1 Å². The number of nitrogens with one attached hydrogen (secondary N) is 1. The average Bonchev–Trinajstić information content (AvgIpc) is 2.28. The van der Waals surface area contributed by atoms with Gasteiger partial charge in [0.05, 0.1) is 4.90 Å². The number of rotatable bonds is 6. The van der Waals surface area contributed by atoms with Crippen molar-refractivity contribution in [1.29, 1.82) is 0 Å². The van der Waals surface area contributed by atoms with Gasteiger partial charge in [-0.1, -0.05) is 12.1 Å². The van der Waals surface area contributed by atoms with E-state index < -0.39 is 10.0 Å². The van der Waals surface area contributed by atoms with Crippen LogP contribution in [-0.2, 0) is 10.0 Å². The molecule has 1 aromatic carbocycles. The van der Waals surface area contributed by atoms with E-state index in [-0.39, 0.29) is 23.3 Å². The molecule has 1 aromatic rings. The van der Waals surface area contributed by atoms with E-state index in [2.05, 4.69) is 4.72 Å². The number of sulfonamides is 1. The molecule has 0 aliphatic heterocycles. The van der Waals surface area contributed by atoms with Crippen LogP contribution in [0.4, 0.5) is 0 Å². The second-order valence-electron chi connectivity index (χ2n) is 4.12. The standard InChI is InChI=1S/C12H17NO4S/c1-9(7-8-14)13-18(16,17)12-5-3-11(4-6-12)10(2)15/h3-6,9,13-14H,7-8H2,1-2H3. The van der Waals surface area contributed by atoms with Crippen molar-refractivity contribution in [2.45, 2.75) is 31.2 Å². The number of ketones is 1. The molecule has 0 amide bonds. The third-order valence-corrected chi connectivity index (χ3v) is 4.10. The Labute approximate surface area is 107 Å². The van der Waals surface area contributed by atoms with Crippen molar-refractivity contribution in [2.75, 3.05) is 6.61 Å². The first-order valence-electron chi connectivity index (χ1n) is 5.61. The van der Waals surface area contributed by atoms with E-state index in [0.29, 0.717) is 12.0 Å². The number of hydrogen-bond donors (Lipinski definition) is 2. The minimum atomic E-state index is -3.60. The fraction of sp³-hybridized carbons (Fsp3) is 0.417. The predicted octanol–water partition coefficient (Wildman–Crippen LogP) is 0.938. The van der Waals surface area contributed by atoms with Crippen LogP contribution in [-0.4, -0.2) is 32.0 Å². The van der Waals surface area contributed by atoms with Crippen LogP contribution >= 0.6 is 0 Å². The largest absolute Gasteiger partial charge is 0.396 e. The molecule has 0 bridgehead atoms. The average molecular weight is 271 g/mol. The van der Waals surface area contributed by atoms with E-state index in [1.807, 2.05) is 0 Å². The van der Waals surface area contributed by atoms with Crippen LogP contribution in [0.1, 0.15) is 30.6 Å². The molecule has 0 spiro atoms. The van der Waals surface area contributed by atoms with Gasteiger partial charge in [0.1, 0.15) is 0 Å². The Kier molecular flexibility index (Phi) is 5.01. The van der Waals surface area contributed by atoms with Crippen LogP contribution in [0.5, 0.6) is 0 Å². The Hall–Kier alpha value is -1.24. The molecule has 0 aliphatic rings. The molecule has 0 aliphatic carbocycles. The molecule has 1 unspecified atom stereocenters. The lowest BCUT2D eigenvalue weighted by molar-refractivity contribution is 0.101. The van der Waals surface area contributed by atoms with Crippen LogP contribution < -0.4 is 4.72 Å². The van der Waals surface area contributed by atoms with Crippen molar-refractivity contribution >= 4 is 15.8 Å². The zero-order valence-corrected chi connectivity index (χ0v) is 11.2. The fourth-order valence-corrected chi connectivity index (χ4v) is 2.73. The van der Waals surface area contributed by atoms with Gasteiger partial charge < -0.3 is 5.11 Å². The van der Waals surface area contributed by atoms with Crippen LogP contribution in [0.2, 0.25) is 0 Å². The van der Waals surface area contributed by atoms with Crippen molar-refractivity contribution in [3.63, 3.8) is 0 Å². The molecule has 0 saturated heterocycles. The van der Waals surface area contributed by atoms with Crippen molar-refractivity contribution in [3.8, 4) is 0 Å². The quantitative estimate of drug-likeness (QED) is 0.754. The van der Waals surface area contributed by atoms with E-state index in [1.165, 1.54) is 31.2 Å². The Morgan fingerprint density at radius 1 is 1.33 bits per heavy atom. The number of Topliss-reactive ketones (excluding diaryl/α,β-unsaturated/α-hetero) is 1. The normalized spacial score (nSPS) is 13.3. The van der Waals surface area contributed by atoms with E-state index in [0.717, 1.165) is 0 Å². The zero-order chi connectivity index (χ0) is 13.8. The lowest BCUT2D eigenvalue weighted by Crippen LogP contribution is -2.33. The Morgan fingerprint density at radius 3 is 2.33 bits per heavy atom. The van der Waals surface area contributed by atoms with Crippen molar-refractivity contribution in [3.05, 3.63) is 29.8 Å². The van der Waals surface area contributed by atoms with E-state index in [4.69, 9.17) is 5.11 Å². The summed E-state index contributed by atoms with van der Waals surface area (Å²) in [7, 11) is -3.60. The molecule has 2 N–H and O–H groups in total. The molecule has 0 saturated carbocycles.